The van der Waals surface area contributed by atoms with Gasteiger partial charge in [-0.15, -0.1) is 0 Å². The Bertz CT molecular complexity index is 361. The van der Waals surface area contributed by atoms with Crippen LogP contribution in [0.3, 0.4) is 0 Å². The Kier molecular flexibility index (Phi) is 2.05. The maximum absolute atomic E-state index is 13.3. The minimum absolute atomic E-state index is 0.298. The van der Waals surface area contributed by atoms with E-state index in [1.165, 1.54) is 12.1 Å². The molecule has 0 radical (unpaired) electrons. The molecular weight excluding hydrogens is 186 g/mol. The molecule has 1 aromatic carbocycles. The summed E-state index contributed by atoms with van der Waals surface area (Å²) >= 11 is 0. The van der Waals surface area contributed by atoms with E-state index in [1.54, 1.807) is 0 Å². The third-order valence-electron chi connectivity index (χ3n) is 2.74. The fourth-order valence-electron chi connectivity index (χ4n) is 1.52. The number of benzene rings is 1. The van der Waals surface area contributed by atoms with Crippen molar-refractivity contribution in [1.82, 2.24) is 0 Å². The van der Waals surface area contributed by atoms with Gasteiger partial charge in [0.15, 0.2) is 0 Å². The second-order valence-corrected chi connectivity index (χ2v) is 3.88. The largest absolute Gasteiger partial charge is 0.323 e. The molecule has 0 bridgehead atoms. The second-order valence-electron chi connectivity index (χ2n) is 3.88. The van der Waals surface area contributed by atoms with Crippen molar-refractivity contribution in [1.29, 1.82) is 0 Å². The summed E-state index contributed by atoms with van der Waals surface area (Å²) in [4.78, 5) is 0. The molecule has 0 aliphatic heterocycles. The maximum Gasteiger partial charge on any atom is 0.130 e. The number of halogens is 2. The summed E-state index contributed by atoms with van der Waals surface area (Å²) in [6.45, 7) is 0. The Morgan fingerprint density at radius 2 is 1.93 bits per heavy atom. The van der Waals surface area contributed by atoms with Crippen molar-refractivity contribution in [2.75, 3.05) is 0 Å². The van der Waals surface area contributed by atoms with Crippen molar-refractivity contribution in [2.24, 2.45) is 11.5 Å². The molecule has 4 N–H and O–H groups in total. The molecule has 1 saturated carbocycles. The Morgan fingerprint density at radius 3 is 2.43 bits per heavy atom. The molecule has 4 heteroatoms. The van der Waals surface area contributed by atoms with Gasteiger partial charge in [0.05, 0.1) is 6.04 Å². The average Bonchev–Trinajstić information content (AvgIpc) is 2.84. The van der Waals surface area contributed by atoms with Gasteiger partial charge in [0.1, 0.15) is 11.6 Å². The van der Waals surface area contributed by atoms with Crippen LogP contribution in [0, 0.1) is 11.6 Å². The van der Waals surface area contributed by atoms with E-state index in [9.17, 15) is 8.78 Å². The van der Waals surface area contributed by atoms with E-state index in [-0.39, 0.29) is 0 Å². The van der Waals surface area contributed by atoms with Gasteiger partial charge in [0.2, 0.25) is 0 Å². The Labute approximate surface area is 80.9 Å². The third-order valence-corrected chi connectivity index (χ3v) is 2.74. The van der Waals surface area contributed by atoms with Crippen LogP contribution in [0.1, 0.15) is 24.4 Å². The van der Waals surface area contributed by atoms with E-state index in [4.69, 9.17) is 11.5 Å². The number of nitrogens with two attached hydrogens (primary N) is 2. The first-order valence-corrected chi connectivity index (χ1v) is 4.52. The molecule has 2 rings (SSSR count). The molecule has 1 aliphatic rings. The van der Waals surface area contributed by atoms with Crippen LogP contribution in [0.25, 0.3) is 0 Å². The van der Waals surface area contributed by atoms with E-state index in [2.05, 4.69) is 0 Å². The van der Waals surface area contributed by atoms with Gasteiger partial charge in [-0.1, -0.05) is 6.07 Å². The zero-order valence-corrected chi connectivity index (χ0v) is 7.63. The molecule has 1 aromatic rings. The second kappa shape index (κ2) is 3.00. The molecule has 0 saturated heterocycles. The minimum atomic E-state index is -0.616. The number of hydrogen-bond donors (Lipinski definition) is 2. The van der Waals surface area contributed by atoms with Crippen molar-refractivity contribution in [2.45, 2.75) is 24.4 Å². The topological polar surface area (TPSA) is 52.0 Å². The van der Waals surface area contributed by atoms with Crippen LogP contribution in [0.2, 0.25) is 0 Å². The predicted octanol–water partition coefficient (Wildman–Crippen LogP) is 1.46. The number of hydrogen-bond acceptors (Lipinski definition) is 2. The fraction of sp³-hybridized carbons (Fsp3) is 0.400. The highest BCUT2D eigenvalue weighted by Gasteiger charge is 2.45. The van der Waals surface area contributed by atoms with Crippen LogP contribution in [0.15, 0.2) is 18.2 Å². The lowest BCUT2D eigenvalue weighted by Gasteiger charge is -2.19. The van der Waals surface area contributed by atoms with E-state index >= 15 is 0 Å². The first kappa shape index (κ1) is 9.55. The van der Waals surface area contributed by atoms with Crippen molar-refractivity contribution in [3.8, 4) is 0 Å². The van der Waals surface area contributed by atoms with Crippen molar-refractivity contribution >= 4 is 0 Å². The van der Waals surface area contributed by atoms with Gasteiger partial charge in [-0.2, -0.15) is 0 Å². The van der Waals surface area contributed by atoms with Gasteiger partial charge in [-0.25, -0.2) is 8.78 Å². The molecule has 1 aliphatic carbocycles. The van der Waals surface area contributed by atoms with Crippen molar-refractivity contribution < 1.29 is 8.78 Å². The maximum atomic E-state index is 13.3. The molecule has 1 unspecified atom stereocenters. The SMILES string of the molecule is NC(c1ccc(F)cc1F)C1(N)CC1. The predicted molar refractivity (Wildman–Crippen MR) is 49.4 cm³/mol. The van der Waals surface area contributed by atoms with Gasteiger partial charge in [0, 0.05) is 17.2 Å². The lowest BCUT2D eigenvalue weighted by Crippen LogP contribution is -2.36. The summed E-state index contributed by atoms with van der Waals surface area (Å²) in [6.07, 6.45) is 1.59. The first-order chi connectivity index (χ1) is 6.53. The molecule has 0 spiro atoms. The van der Waals surface area contributed by atoms with Crippen molar-refractivity contribution in [3.63, 3.8) is 0 Å². The van der Waals surface area contributed by atoms with Crippen LogP contribution in [0.5, 0.6) is 0 Å². The van der Waals surface area contributed by atoms with Gasteiger partial charge < -0.3 is 11.5 Å². The van der Waals surface area contributed by atoms with Gasteiger partial charge in [-0.3, -0.25) is 0 Å². The van der Waals surface area contributed by atoms with Crippen LogP contribution in [0.4, 0.5) is 8.78 Å². The van der Waals surface area contributed by atoms with Crippen LogP contribution in [-0.4, -0.2) is 5.54 Å². The smallest absolute Gasteiger partial charge is 0.130 e. The quantitative estimate of drug-likeness (QED) is 0.755. The monoisotopic (exact) mass is 198 g/mol. The standard InChI is InChI=1S/C10H12F2N2/c11-6-1-2-7(8(12)5-6)9(13)10(14)3-4-10/h1-2,5,9H,3-4,13-14H2. The zero-order valence-electron chi connectivity index (χ0n) is 7.63. The molecule has 1 atom stereocenters. The summed E-state index contributed by atoms with van der Waals surface area (Å²) < 4.78 is 25.9. The fourth-order valence-corrected chi connectivity index (χ4v) is 1.52. The van der Waals surface area contributed by atoms with Crippen LogP contribution in [-0.2, 0) is 0 Å². The summed E-state index contributed by atoms with van der Waals surface area (Å²) in [6, 6.07) is 2.86. The molecule has 14 heavy (non-hydrogen) atoms. The highest BCUT2D eigenvalue weighted by Crippen LogP contribution is 2.42. The van der Waals surface area contributed by atoms with Crippen LogP contribution < -0.4 is 11.5 Å². The molecule has 0 amide bonds. The normalized spacial score (nSPS) is 20.6. The molecule has 76 valence electrons. The van der Waals surface area contributed by atoms with E-state index < -0.39 is 23.2 Å². The first-order valence-electron chi connectivity index (χ1n) is 4.52. The zero-order chi connectivity index (χ0) is 10.3. The molecule has 2 nitrogen and oxygen atoms in total. The molecule has 0 heterocycles. The summed E-state index contributed by atoms with van der Waals surface area (Å²) in [5.41, 5.74) is 11.5. The molecule has 0 aromatic heterocycles. The summed E-state index contributed by atoms with van der Waals surface area (Å²) in [5.74, 6) is -1.21. The highest BCUT2D eigenvalue weighted by atomic mass is 19.1. The lowest BCUT2D eigenvalue weighted by molar-refractivity contribution is 0.495. The summed E-state index contributed by atoms with van der Waals surface area (Å²) in [5, 5.41) is 0. The molecular formula is C10H12F2N2. The minimum Gasteiger partial charge on any atom is -0.323 e. The van der Waals surface area contributed by atoms with Gasteiger partial charge in [-0.05, 0) is 18.9 Å². The Balaban J connectivity index is 2.32. The third kappa shape index (κ3) is 1.51. The average molecular weight is 198 g/mol. The summed E-state index contributed by atoms with van der Waals surface area (Å²) in [7, 11) is 0. The van der Waals surface area contributed by atoms with Crippen molar-refractivity contribution in [3.05, 3.63) is 35.4 Å². The lowest BCUT2D eigenvalue weighted by atomic mass is 9.98. The Hall–Kier alpha value is -1.00. The van der Waals surface area contributed by atoms with E-state index in [0.29, 0.717) is 5.56 Å². The highest BCUT2D eigenvalue weighted by molar-refractivity contribution is 5.27. The van der Waals surface area contributed by atoms with Gasteiger partial charge in [0.25, 0.3) is 0 Å². The number of rotatable bonds is 2. The van der Waals surface area contributed by atoms with E-state index in [1.807, 2.05) is 0 Å². The van der Waals surface area contributed by atoms with E-state index in [0.717, 1.165) is 18.9 Å². The Morgan fingerprint density at radius 1 is 1.29 bits per heavy atom. The van der Waals surface area contributed by atoms with Crippen LogP contribution >= 0.6 is 0 Å². The van der Waals surface area contributed by atoms with Gasteiger partial charge >= 0.3 is 0 Å². The molecule has 1 fully saturated rings.